The second-order valence-electron chi connectivity index (χ2n) is 5.73. The lowest BCUT2D eigenvalue weighted by atomic mass is 9.90. The summed E-state index contributed by atoms with van der Waals surface area (Å²) in [5.74, 6) is 0. The Morgan fingerprint density at radius 2 is 1.80 bits per heavy atom. The van der Waals surface area contributed by atoms with Crippen LogP contribution in [0.15, 0.2) is 12.1 Å². The summed E-state index contributed by atoms with van der Waals surface area (Å²) in [5.41, 5.74) is 6.03. The first kappa shape index (κ1) is 16.0. The predicted octanol–water partition coefficient (Wildman–Crippen LogP) is 5.38. The lowest BCUT2D eigenvalue weighted by Crippen LogP contribution is -2.11. The molecule has 0 spiro atoms. The predicted molar refractivity (Wildman–Crippen MR) is 89.8 cm³/mol. The van der Waals surface area contributed by atoms with Crippen LogP contribution in [0.5, 0.6) is 0 Å². The summed E-state index contributed by atoms with van der Waals surface area (Å²) in [7, 11) is 0. The maximum atomic E-state index is 5.81. The lowest BCUT2D eigenvalue weighted by Gasteiger charge is -2.22. The molecule has 1 aromatic rings. The fourth-order valence-electron chi connectivity index (χ4n) is 3.22. The Kier molecular flexibility index (Phi) is 6.10. The summed E-state index contributed by atoms with van der Waals surface area (Å²) >= 11 is 3.95. The van der Waals surface area contributed by atoms with Crippen molar-refractivity contribution in [2.75, 3.05) is 6.61 Å². The molecular formula is C18H27BrO. The van der Waals surface area contributed by atoms with E-state index < -0.39 is 0 Å². The molecule has 0 aromatic heterocycles. The molecule has 0 amide bonds. The number of halogens is 1. The van der Waals surface area contributed by atoms with Gasteiger partial charge in [0, 0.05) is 11.4 Å². The van der Waals surface area contributed by atoms with Crippen molar-refractivity contribution in [3.63, 3.8) is 0 Å². The average molecular weight is 339 g/mol. The molecule has 0 bridgehead atoms. The van der Waals surface area contributed by atoms with Gasteiger partial charge in [0.15, 0.2) is 0 Å². The summed E-state index contributed by atoms with van der Waals surface area (Å²) in [6.45, 7) is 7.72. The molecular weight excluding hydrogens is 312 g/mol. The molecule has 1 aliphatic rings. The smallest absolute Gasteiger partial charge is 0.0589 e. The molecule has 0 N–H and O–H groups in total. The van der Waals surface area contributed by atoms with Crippen molar-refractivity contribution in [3.8, 4) is 0 Å². The average Bonchev–Trinajstić information content (AvgIpc) is 2.98. The van der Waals surface area contributed by atoms with Gasteiger partial charge in [-0.3, -0.25) is 0 Å². The van der Waals surface area contributed by atoms with Crippen molar-refractivity contribution in [2.45, 2.75) is 70.2 Å². The van der Waals surface area contributed by atoms with Gasteiger partial charge in [0.2, 0.25) is 0 Å². The van der Waals surface area contributed by atoms with Crippen molar-refractivity contribution in [3.05, 3.63) is 34.4 Å². The maximum absolute atomic E-state index is 5.81. The summed E-state index contributed by atoms with van der Waals surface area (Å²) in [6, 6.07) is 4.80. The van der Waals surface area contributed by atoms with Crippen molar-refractivity contribution in [1.29, 1.82) is 0 Å². The first-order valence-corrected chi connectivity index (χ1v) is 9.01. The molecule has 1 fully saturated rings. The van der Waals surface area contributed by atoms with Gasteiger partial charge in [0.1, 0.15) is 0 Å². The number of benzene rings is 1. The number of hydrogen-bond acceptors (Lipinski definition) is 1. The van der Waals surface area contributed by atoms with Crippen LogP contribution in [0, 0.1) is 0 Å². The van der Waals surface area contributed by atoms with Crippen LogP contribution in [0.1, 0.15) is 67.1 Å². The Bertz CT molecular complexity index is 410. The lowest BCUT2D eigenvalue weighted by molar-refractivity contribution is 0.104. The van der Waals surface area contributed by atoms with Gasteiger partial charge in [-0.15, -0.1) is 0 Å². The van der Waals surface area contributed by atoms with E-state index in [0.717, 1.165) is 32.3 Å². The van der Waals surface area contributed by atoms with Crippen molar-refractivity contribution < 1.29 is 4.74 Å². The van der Waals surface area contributed by atoms with Crippen LogP contribution >= 0.6 is 15.9 Å². The Morgan fingerprint density at radius 1 is 1.15 bits per heavy atom. The van der Waals surface area contributed by atoms with E-state index in [1.165, 1.54) is 35.1 Å². The highest BCUT2D eigenvalue weighted by atomic mass is 79.9. The third-order valence-electron chi connectivity index (χ3n) is 4.39. The third kappa shape index (κ3) is 3.65. The fraction of sp³-hybridized carbons (Fsp3) is 0.667. The third-order valence-corrected chi connectivity index (χ3v) is 5.22. The summed E-state index contributed by atoms with van der Waals surface area (Å²) in [5, 5.41) is 0. The van der Waals surface area contributed by atoms with Crippen molar-refractivity contribution in [2.24, 2.45) is 0 Å². The van der Waals surface area contributed by atoms with E-state index in [1.54, 1.807) is 0 Å². The number of hydrogen-bond donors (Lipinski definition) is 0. The van der Waals surface area contributed by atoms with Gasteiger partial charge < -0.3 is 4.74 Å². The summed E-state index contributed by atoms with van der Waals surface area (Å²) in [4.78, 5) is 0.432. The second-order valence-corrected chi connectivity index (χ2v) is 6.83. The van der Waals surface area contributed by atoms with Gasteiger partial charge in [-0.25, -0.2) is 0 Å². The van der Waals surface area contributed by atoms with Gasteiger partial charge in [0.05, 0.1) is 6.10 Å². The van der Waals surface area contributed by atoms with Crippen molar-refractivity contribution in [1.82, 2.24) is 0 Å². The number of alkyl halides is 1. The number of aryl methyl sites for hydroxylation is 3. The van der Waals surface area contributed by atoms with E-state index in [2.05, 4.69) is 48.8 Å². The second kappa shape index (κ2) is 7.61. The Labute approximate surface area is 132 Å². The molecule has 0 radical (unpaired) electrons. The van der Waals surface area contributed by atoms with E-state index in [4.69, 9.17) is 4.74 Å². The minimum atomic E-state index is 0.432. The topological polar surface area (TPSA) is 9.23 Å². The molecule has 1 aromatic carbocycles. The Hall–Kier alpha value is -0.340. The molecule has 2 heteroatoms. The Balaban J connectivity index is 2.27. The first-order chi connectivity index (χ1) is 9.69. The van der Waals surface area contributed by atoms with Gasteiger partial charge in [0.25, 0.3) is 0 Å². The molecule has 2 unspecified atom stereocenters. The van der Waals surface area contributed by atoms with Gasteiger partial charge in [-0.1, -0.05) is 48.8 Å². The largest absolute Gasteiger partial charge is 0.378 e. The van der Waals surface area contributed by atoms with Gasteiger partial charge in [-0.05, 0) is 60.8 Å². The van der Waals surface area contributed by atoms with Crippen LogP contribution in [0.3, 0.4) is 0 Å². The SMILES string of the molecule is CCc1cc(CC)c(C(Br)CC2CCCO2)c(CC)c1. The summed E-state index contributed by atoms with van der Waals surface area (Å²) < 4.78 is 5.81. The highest BCUT2D eigenvalue weighted by molar-refractivity contribution is 9.09. The van der Waals surface area contributed by atoms with Crippen LogP contribution in [0.2, 0.25) is 0 Å². The summed E-state index contributed by atoms with van der Waals surface area (Å²) in [6.07, 6.45) is 7.34. The van der Waals surface area contributed by atoms with Crippen LogP contribution in [-0.4, -0.2) is 12.7 Å². The molecule has 112 valence electrons. The van der Waals surface area contributed by atoms with Crippen LogP contribution < -0.4 is 0 Å². The van der Waals surface area contributed by atoms with E-state index in [9.17, 15) is 0 Å². The van der Waals surface area contributed by atoms with Crippen molar-refractivity contribution >= 4 is 15.9 Å². The standard InChI is InChI=1S/C18H27BrO/c1-4-13-10-14(5-2)18(15(6-3)11-13)17(19)12-16-8-7-9-20-16/h10-11,16-17H,4-9,12H2,1-3H3. The van der Waals surface area contributed by atoms with E-state index in [1.807, 2.05) is 0 Å². The van der Waals surface area contributed by atoms with Crippen LogP contribution in [0.25, 0.3) is 0 Å². The van der Waals surface area contributed by atoms with E-state index in [0.29, 0.717) is 10.9 Å². The quantitative estimate of drug-likeness (QED) is 0.632. The first-order valence-electron chi connectivity index (χ1n) is 8.09. The molecule has 0 saturated carbocycles. The molecule has 1 nitrogen and oxygen atoms in total. The monoisotopic (exact) mass is 338 g/mol. The molecule has 2 atom stereocenters. The number of ether oxygens (including phenoxy) is 1. The molecule has 1 saturated heterocycles. The fourth-order valence-corrected chi connectivity index (χ4v) is 4.23. The highest BCUT2D eigenvalue weighted by Gasteiger charge is 2.23. The highest BCUT2D eigenvalue weighted by Crippen LogP contribution is 2.37. The zero-order valence-corrected chi connectivity index (χ0v) is 14.6. The molecule has 20 heavy (non-hydrogen) atoms. The minimum absolute atomic E-state index is 0.432. The van der Waals surface area contributed by atoms with Crippen LogP contribution in [-0.2, 0) is 24.0 Å². The van der Waals surface area contributed by atoms with E-state index in [-0.39, 0.29) is 0 Å². The minimum Gasteiger partial charge on any atom is -0.378 e. The zero-order valence-electron chi connectivity index (χ0n) is 13.0. The molecule has 0 aliphatic carbocycles. The van der Waals surface area contributed by atoms with Gasteiger partial charge in [-0.2, -0.15) is 0 Å². The molecule has 1 heterocycles. The maximum Gasteiger partial charge on any atom is 0.0589 e. The molecule has 1 aliphatic heterocycles. The van der Waals surface area contributed by atoms with Crippen LogP contribution in [0.4, 0.5) is 0 Å². The van der Waals surface area contributed by atoms with Gasteiger partial charge >= 0.3 is 0 Å². The number of rotatable bonds is 6. The molecule has 2 rings (SSSR count). The normalized spacial score (nSPS) is 20.3. The zero-order chi connectivity index (χ0) is 14.5. The van der Waals surface area contributed by atoms with E-state index >= 15 is 0 Å². The Morgan fingerprint density at radius 3 is 2.25 bits per heavy atom.